The average Bonchev–Trinajstić information content (AvgIpc) is 1.58. The minimum Gasteiger partial charge on any atom is -0.134 e. The van der Waals surface area contributed by atoms with E-state index in [9.17, 15) is 0 Å². The maximum absolute atomic E-state index is 2.95. The Bertz CT molecular complexity index is 66.8. The van der Waals surface area contributed by atoms with Crippen LogP contribution in [0.15, 0.2) is 0 Å². The van der Waals surface area contributed by atoms with Gasteiger partial charge in [0.2, 0.25) is 0 Å². The van der Waals surface area contributed by atoms with Gasteiger partial charge < -0.3 is 0 Å². The third-order valence-electron chi connectivity index (χ3n) is 1.55. The molecule has 0 aliphatic carbocycles. The highest BCUT2D eigenvalue weighted by atomic mass is 31.0. The van der Waals surface area contributed by atoms with Crippen LogP contribution in [0.25, 0.3) is 0 Å². The van der Waals surface area contributed by atoms with E-state index in [0.717, 1.165) is 17.5 Å². The predicted molar refractivity (Wildman–Crippen MR) is 52.4 cm³/mol. The summed E-state index contributed by atoms with van der Waals surface area (Å²) in [7, 11) is 2.95. The molecule has 0 heterocycles. The lowest BCUT2D eigenvalue weighted by Crippen LogP contribution is -2.05. The first-order valence-electron chi connectivity index (χ1n) is 4.28. The Morgan fingerprint density at radius 2 is 1.20 bits per heavy atom. The fourth-order valence-corrected chi connectivity index (χ4v) is 2.40. The molecule has 10 heavy (non-hydrogen) atoms. The zero-order valence-electron chi connectivity index (χ0n) is 7.72. The van der Waals surface area contributed by atoms with E-state index in [-0.39, 0.29) is 0 Å². The van der Waals surface area contributed by atoms with Crippen molar-refractivity contribution in [3.05, 3.63) is 0 Å². The molecule has 0 nitrogen and oxygen atoms in total. The van der Waals surface area contributed by atoms with Crippen LogP contribution in [-0.2, 0) is 0 Å². The second-order valence-corrected chi connectivity index (χ2v) is 4.96. The molecule has 0 aromatic carbocycles. The van der Waals surface area contributed by atoms with Crippen molar-refractivity contribution in [2.75, 3.05) is 0 Å². The highest BCUT2D eigenvalue weighted by Gasteiger charge is 2.06. The average molecular weight is 160 g/mol. The van der Waals surface area contributed by atoms with Gasteiger partial charge in [-0.15, -0.1) is 9.24 Å². The lowest BCUT2D eigenvalue weighted by Gasteiger charge is -2.15. The quantitative estimate of drug-likeness (QED) is 0.553. The third-order valence-corrected chi connectivity index (χ3v) is 2.09. The number of hydrogen-bond donors (Lipinski definition) is 0. The fourth-order valence-electron chi connectivity index (χ4n) is 1.31. The van der Waals surface area contributed by atoms with Gasteiger partial charge >= 0.3 is 0 Å². The van der Waals surface area contributed by atoms with Crippen molar-refractivity contribution in [2.45, 2.75) is 46.2 Å². The van der Waals surface area contributed by atoms with Gasteiger partial charge in [0.25, 0.3) is 0 Å². The van der Waals surface area contributed by atoms with E-state index in [0.29, 0.717) is 0 Å². The van der Waals surface area contributed by atoms with E-state index < -0.39 is 0 Å². The highest BCUT2D eigenvalue weighted by Crippen LogP contribution is 2.19. The van der Waals surface area contributed by atoms with Crippen LogP contribution in [0, 0.1) is 11.8 Å². The van der Waals surface area contributed by atoms with Gasteiger partial charge in [-0.25, -0.2) is 0 Å². The Morgan fingerprint density at radius 3 is 1.40 bits per heavy atom. The second kappa shape index (κ2) is 5.13. The van der Waals surface area contributed by atoms with Crippen LogP contribution in [0.5, 0.6) is 0 Å². The Labute approximate surface area is 68.0 Å². The zero-order chi connectivity index (χ0) is 8.15. The van der Waals surface area contributed by atoms with E-state index in [4.69, 9.17) is 0 Å². The van der Waals surface area contributed by atoms with Crippen molar-refractivity contribution < 1.29 is 0 Å². The first-order chi connectivity index (χ1) is 4.52. The summed E-state index contributed by atoms with van der Waals surface area (Å²) < 4.78 is 0. The van der Waals surface area contributed by atoms with Crippen LogP contribution in [0.1, 0.15) is 40.5 Å². The smallest absolute Gasteiger partial charge is 0.0259 e. The number of rotatable bonds is 4. The zero-order valence-corrected chi connectivity index (χ0v) is 8.88. The first-order valence-corrected chi connectivity index (χ1v) is 4.94. The fraction of sp³-hybridized carbons (Fsp3) is 1.00. The Kier molecular flexibility index (Phi) is 5.35. The van der Waals surface area contributed by atoms with Crippen LogP contribution in [0.3, 0.4) is 0 Å². The lowest BCUT2D eigenvalue weighted by atomic mass is 10.0. The molecule has 0 aromatic rings. The number of hydrogen-bond acceptors (Lipinski definition) is 0. The molecule has 0 radical (unpaired) electrons. The summed E-state index contributed by atoms with van der Waals surface area (Å²) >= 11 is 0. The molecule has 1 heteroatoms. The van der Waals surface area contributed by atoms with Gasteiger partial charge in [-0.3, -0.25) is 0 Å². The molecule has 0 saturated heterocycles. The van der Waals surface area contributed by atoms with Crippen molar-refractivity contribution in [1.29, 1.82) is 0 Å². The summed E-state index contributed by atoms with van der Waals surface area (Å²) in [6, 6.07) is 0. The summed E-state index contributed by atoms with van der Waals surface area (Å²) in [6.45, 7) is 9.16. The summed E-state index contributed by atoms with van der Waals surface area (Å²) in [5.74, 6) is 1.70. The maximum atomic E-state index is 2.95. The predicted octanol–water partition coefficient (Wildman–Crippen LogP) is 3.32. The van der Waals surface area contributed by atoms with E-state index in [1.165, 1.54) is 12.8 Å². The molecular weight excluding hydrogens is 139 g/mol. The molecule has 0 bridgehead atoms. The standard InChI is InChI=1S/C9H21P/c1-7(2)5-9(10)6-8(3)4/h7-9H,5-6,10H2,1-4H3. The maximum Gasteiger partial charge on any atom is -0.0259 e. The summed E-state index contributed by atoms with van der Waals surface area (Å²) in [5, 5.41) is 0. The van der Waals surface area contributed by atoms with E-state index >= 15 is 0 Å². The molecule has 0 aliphatic rings. The van der Waals surface area contributed by atoms with Gasteiger partial charge in [0.15, 0.2) is 0 Å². The SMILES string of the molecule is CC(C)CC(P)CC(C)C. The summed E-state index contributed by atoms with van der Waals surface area (Å²) in [5.41, 5.74) is 0.833. The third kappa shape index (κ3) is 6.55. The molecule has 0 N–H and O–H groups in total. The molecule has 0 fully saturated rings. The molecule has 0 saturated carbocycles. The largest absolute Gasteiger partial charge is 0.134 e. The van der Waals surface area contributed by atoms with Gasteiger partial charge in [0, 0.05) is 0 Å². The second-order valence-electron chi connectivity index (χ2n) is 4.02. The van der Waals surface area contributed by atoms with Gasteiger partial charge in [0.05, 0.1) is 0 Å². The molecule has 0 aromatic heterocycles. The monoisotopic (exact) mass is 160 g/mol. The molecule has 0 amide bonds. The molecule has 1 atom stereocenters. The van der Waals surface area contributed by atoms with E-state index in [1.807, 2.05) is 0 Å². The van der Waals surface area contributed by atoms with Crippen LogP contribution in [0.4, 0.5) is 0 Å². The van der Waals surface area contributed by atoms with Crippen molar-refractivity contribution >= 4 is 9.24 Å². The van der Waals surface area contributed by atoms with Crippen molar-refractivity contribution in [3.8, 4) is 0 Å². The highest BCUT2D eigenvalue weighted by molar-refractivity contribution is 7.17. The minimum absolute atomic E-state index is 0.833. The van der Waals surface area contributed by atoms with E-state index in [1.54, 1.807) is 0 Å². The van der Waals surface area contributed by atoms with Crippen LogP contribution in [-0.4, -0.2) is 5.66 Å². The van der Waals surface area contributed by atoms with Gasteiger partial charge in [-0.1, -0.05) is 27.7 Å². The van der Waals surface area contributed by atoms with Crippen molar-refractivity contribution in [3.63, 3.8) is 0 Å². The first kappa shape index (κ1) is 10.4. The Hall–Kier alpha value is 0.430. The van der Waals surface area contributed by atoms with Gasteiger partial charge in [-0.05, 0) is 30.3 Å². The minimum atomic E-state index is 0.833. The Morgan fingerprint density at radius 1 is 0.900 bits per heavy atom. The van der Waals surface area contributed by atoms with Gasteiger partial charge in [0.1, 0.15) is 0 Å². The summed E-state index contributed by atoms with van der Waals surface area (Å²) in [6.07, 6.45) is 2.70. The van der Waals surface area contributed by atoms with Crippen LogP contribution < -0.4 is 0 Å². The molecule has 0 rings (SSSR count). The van der Waals surface area contributed by atoms with Gasteiger partial charge in [-0.2, -0.15) is 0 Å². The normalized spacial score (nSPS) is 12.0. The van der Waals surface area contributed by atoms with Crippen molar-refractivity contribution in [1.82, 2.24) is 0 Å². The lowest BCUT2D eigenvalue weighted by molar-refractivity contribution is 0.491. The molecule has 1 unspecified atom stereocenters. The molecular formula is C9H21P. The van der Waals surface area contributed by atoms with Crippen molar-refractivity contribution in [2.24, 2.45) is 11.8 Å². The molecule has 62 valence electrons. The molecule has 0 spiro atoms. The van der Waals surface area contributed by atoms with Crippen LogP contribution >= 0.6 is 9.24 Å². The topological polar surface area (TPSA) is 0 Å². The summed E-state index contributed by atoms with van der Waals surface area (Å²) in [4.78, 5) is 0. The van der Waals surface area contributed by atoms with Crippen LogP contribution in [0.2, 0.25) is 0 Å². The Balaban J connectivity index is 3.34. The molecule has 0 aliphatic heterocycles. The van der Waals surface area contributed by atoms with E-state index in [2.05, 4.69) is 36.9 Å².